The molecule has 8 nitrogen and oxygen atoms in total. The first kappa shape index (κ1) is 22.3. The highest BCUT2D eigenvalue weighted by molar-refractivity contribution is 7.89. The van der Waals surface area contributed by atoms with E-state index in [1.807, 2.05) is 25.1 Å². The molecule has 0 bridgehead atoms. The molecule has 0 radical (unpaired) electrons. The van der Waals surface area contributed by atoms with Gasteiger partial charge in [-0.3, -0.25) is 9.59 Å². The summed E-state index contributed by atoms with van der Waals surface area (Å²) in [6, 6.07) is 8.36. The summed E-state index contributed by atoms with van der Waals surface area (Å²) in [6.07, 6.45) is 2.20. The third kappa shape index (κ3) is 4.53. The van der Waals surface area contributed by atoms with Crippen LogP contribution in [-0.4, -0.2) is 42.2 Å². The number of aromatic nitrogens is 1. The molecule has 1 saturated heterocycles. The van der Waals surface area contributed by atoms with Crippen molar-refractivity contribution in [2.45, 2.75) is 30.7 Å². The lowest BCUT2D eigenvalue weighted by Crippen LogP contribution is -2.43. The molecule has 2 amide bonds. The largest absolute Gasteiger partial charge is 0.364 e. The van der Waals surface area contributed by atoms with E-state index < -0.39 is 15.9 Å². The number of piperidine rings is 1. The van der Waals surface area contributed by atoms with Crippen LogP contribution < -0.4 is 11.1 Å². The summed E-state index contributed by atoms with van der Waals surface area (Å²) in [5.41, 5.74) is 6.23. The molecular weight excluding hydrogens is 428 g/mol. The maximum Gasteiger partial charge on any atom is 0.265 e. The maximum absolute atomic E-state index is 12.9. The van der Waals surface area contributed by atoms with Crippen LogP contribution in [0.5, 0.6) is 0 Å². The summed E-state index contributed by atoms with van der Waals surface area (Å²) in [5, 5.41) is 3.56. The summed E-state index contributed by atoms with van der Waals surface area (Å²) in [7, 11) is -2.20. The van der Waals surface area contributed by atoms with Crippen LogP contribution in [0, 0.1) is 5.92 Å². The van der Waals surface area contributed by atoms with E-state index in [0.717, 1.165) is 5.56 Å². The van der Waals surface area contributed by atoms with Crippen LogP contribution in [-0.2, 0) is 21.9 Å². The first-order valence-electron chi connectivity index (χ1n) is 9.62. The molecule has 1 aliphatic rings. The van der Waals surface area contributed by atoms with Crippen molar-refractivity contribution in [1.82, 2.24) is 14.2 Å². The molecular formula is C20H25ClN4O4S. The second kappa shape index (κ2) is 8.79. The molecule has 0 spiro atoms. The fourth-order valence-electron chi connectivity index (χ4n) is 3.66. The van der Waals surface area contributed by atoms with Gasteiger partial charge >= 0.3 is 0 Å². The van der Waals surface area contributed by atoms with Gasteiger partial charge in [-0.25, -0.2) is 8.42 Å². The Labute approximate surface area is 181 Å². The minimum Gasteiger partial charge on any atom is -0.364 e. The molecule has 0 saturated carbocycles. The van der Waals surface area contributed by atoms with E-state index in [9.17, 15) is 18.0 Å². The number of carbonyl (C=O) groups excluding carboxylic acids is 2. The van der Waals surface area contributed by atoms with Crippen molar-refractivity contribution in [3.8, 4) is 0 Å². The Balaban J connectivity index is 1.62. The second-order valence-electron chi connectivity index (χ2n) is 7.47. The van der Waals surface area contributed by atoms with Crippen molar-refractivity contribution >= 4 is 33.4 Å². The highest BCUT2D eigenvalue weighted by Gasteiger charge is 2.33. The zero-order chi connectivity index (χ0) is 22.1. The van der Waals surface area contributed by atoms with Crippen molar-refractivity contribution in [3.05, 3.63) is 52.8 Å². The molecule has 1 aromatic carbocycles. The molecule has 162 valence electrons. The van der Waals surface area contributed by atoms with E-state index in [4.69, 9.17) is 17.3 Å². The smallest absolute Gasteiger partial charge is 0.265 e. The number of nitrogens with one attached hydrogen (secondary N) is 1. The van der Waals surface area contributed by atoms with E-state index in [2.05, 4.69) is 5.32 Å². The van der Waals surface area contributed by atoms with E-state index in [1.54, 1.807) is 13.1 Å². The summed E-state index contributed by atoms with van der Waals surface area (Å²) >= 11 is 6.19. The number of benzene rings is 1. The molecule has 3 N–H and O–H groups in total. The van der Waals surface area contributed by atoms with Crippen LogP contribution in [0.1, 0.15) is 41.9 Å². The average Bonchev–Trinajstić information content (AvgIpc) is 3.11. The highest BCUT2D eigenvalue weighted by atomic mass is 35.5. The SMILES string of the molecule is C[C@@H](NC(=O)C1CCN(S(=O)(=O)c2cc(C(N)=O)n(C)c2)CC1)c1ccccc1Cl. The third-order valence-electron chi connectivity index (χ3n) is 5.43. The van der Waals surface area contributed by atoms with Crippen LogP contribution in [0.3, 0.4) is 0 Å². The summed E-state index contributed by atoms with van der Waals surface area (Å²) in [4.78, 5) is 24.1. The van der Waals surface area contributed by atoms with Gasteiger partial charge in [-0.15, -0.1) is 0 Å². The van der Waals surface area contributed by atoms with Gasteiger partial charge in [0.2, 0.25) is 15.9 Å². The number of nitrogens with two attached hydrogens (primary N) is 1. The molecule has 2 heterocycles. The quantitative estimate of drug-likeness (QED) is 0.697. The van der Waals surface area contributed by atoms with Crippen molar-refractivity contribution in [2.75, 3.05) is 13.1 Å². The first-order chi connectivity index (χ1) is 14.1. The van der Waals surface area contributed by atoms with Crippen LogP contribution in [0.25, 0.3) is 0 Å². The Kier molecular flexibility index (Phi) is 6.54. The number of hydrogen-bond acceptors (Lipinski definition) is 4. The van der Waals surface area contributed by atoms with Crippen LogP contribution in [0.15, 0.2) is 41.4 Å². The Hall–Kier alpha value is -2.36. The van der Waals surface area contributed by atoms with Crippen molar-refractivity contribution in [3.63, 3.8) is 0 Å². The number of amides is 2. The number of hydrogen-bond donors (Lipinski definition) is 2. The minimum atomic E-state index is -3.76. The topological polar surface area (TPSA) is 114 Å². The summed E-state index contributed by atoms with van der Waals surface area (Å²) < 4.78 is 28.5. The van der Waals surface area contributed by atoms with Crippen LogP contribution in [0.4, 0.5) is 0 Å². The first-order valence-corrected chi connectivity index (χ1v) is 11.4. The molecule has 0 unspecified atom stereocenters. The summed E-state index contributed by atoms with van der Waals surface area (Å²) in [5.74, 6) is -1.09. The van der Waals surface area contributed by atoms with Gasteiger partial charge in [-0.2, -0.15) is 4.31 Å². The molecule has 0 aliphatic carbocycles. The highest BCUT2D eigenvalue weighted by Crippen LogP contribution is 2.27. The van der Waals surface area contributed by atoms with Gasteiger partial charge in [0.1, 0.15) is 10.6 Å². The number of primary amides is 1. The Bertz CT molecular complexity index is 1060. The van der Waals surface area contributed by atoms with Crippen molar-refractivity contribution < 1.29 is 18.0 Å². The van der Waals surface area contributed by atoms with E-state index in [0.29, 0.717) is 17.9 Å². The molecule has 3 rings (SSSR count). The molecule has 30 heavy (non-hydrogen) atoms. The molecule has 10 heteroatoms. The van der Waals surface area contributed by atoms with Gasteiger partial charge in [0.05, 0.1) is 6.04 Å². The monoisotopic (exact) mass is 452 g/mol. The Morgan fingerprint density at radius 1 is 1.23 bits per heavy atom. The maximum atomic E-state index is 12.9. The number of sulfonamides is 1. The van der Waals surface area contributed by atoms with Crippen molar-refractivity contribution in [2.24, 2.45) is 18.7 Å². The molecule has 1 aliphatic heterocycles. The predicted octanol–water partition coefficient (Wildman–Crippen LogP) is 2.06. The lowest BCUT2D eigenvalue weighted by molar-refractivity contribution is -0.126. The zero-order valence-corrected chi connectivity index (χ0v) is 18.4. The summed E-state index contributed by atoms with van der Waals surface area (Å²) in [6.45, 7) is 2.31. The fourth-order valence-corrected chi connectivity index (χ4v) is 5.50. The molecule has 1 atom stereocenters. The number of halogens is 1. The van der Waals surface area contributed by atoms with Gasteiger partial charge in [-0.05, 0) is 37.5 Å². The van der Waals surface area contributed by atoms with Crippen LogP contribution in [0.2, 0.25) is 5.02 Å². The predicted molar refractivity (Wildman–Crippen MR) is 113 cm³/mol. The Morgan fingerprint density at radius 3 is 2.43 bits per heavy atom. The third-order valence-corrected chi connectivity index (χ3v) is 7.63. The van der Waals surface area contributed by atoms with Gasteiger partial charge in [-0.1, -0.05) is 29.8 Å². The minimum absolute atomic E-state index is 0.0223. The number of aryl methyl sites for hydroxylation is 1. The van der Waals surface area contributed by atoms with E-state index >= 15 is 0 Å². The van der Waals surface area contributed by atoms with Gasteiger partial charge in [0, 0.05) is 37.3 Å². The van der Waals surface area contributed by atoms with Crippen molar-refractivity contribution in [1.29, 1.82) is 0 Å². The number of carbonyl (C=O) groups is 2. The molecule has 1 aromatic heterocycles. The lowest BCUT2D eigenvalue weighted by Gasteiger charge is -2.31. The van der Waals surface area contributed by atoms with Crippen LogP contribution >= 0.6 is 11.6 Å². The lowest BCUT2D eigenvalue weighted by atomic mass is 9.96. The fraction of sp³-hybridized carbons (Fsp3) is 0.400. The van der Waals surface area contributed by atoms with Gasteiger partial charge in [0.15, 0.2) is 0 Å². The molecule has 1 fully saturated rings. The number of nitrogens with zero attached hydrogens (tertiary/aromatic N) is 2. The zero-order valence-electron chi connectivity index (χ0n) is 16.8. The average molecular weight is 453 g/mol. The van der Waals surface area contributed by atoms with Gasteiger partial charge < -0.3 is 15.6 Å². The Morgan fingerprint density at radius 2 is 1.87 bits per heavy atom. The van der Waals surface area contributed by atoms with E-state index in [-0.39, 0.29) is 41.5 Å². The second-order valence-corrected chi connectivity index (χ2v) is 9.81. The normalized spacial score (nSPS) is 16.9. The standard InChI is InChI=1S/C20H25ClN4O4S/c1-13(16-5-3-4-6-17(16)21)23-20(27)14-7-9-25(10-8-14)30(28,29)15-11-18(19(22)26)24(2)12-15/h3-6,11-14H,7-10H2,1-2H3,(H2,22,26)(H,23,27)/t13-/m1/s1. The van der Waals surface area contributed by atoms with Gasteiger partial charge in [0.25, 0.3) is 5.91 Å². The molecule has 2 aromatic rings. The number of rotatable bonds is 6. The van der Waals surface area contributed by atoms with E-state index in [1.165, 1.54) is 21.1 Å².